The van der Waals surface area contributed by atoms with Gasteiger partial charge in [-0.05, 0) is 76.4 Å². The Labute approximate surface area is 159 Å². The predicted molar refractivity (Wildman–Crippen MR) is 107 cm³/mol. The summed E-state index contributed by atoms with van der Waals surface area (Å²) in [5.41, 5.74) is 1.60. The highest BCUT2D eigenvalue weighted by atomic mass is 32.1. The molecule has 0 spiro atoms. The van der Waals surface area contributed by atoms with E-state index in [-0.39, 0.29) is 0 Å². The van der Waals surface area contributed by atoms with Crippen molar-refractivity contribution >= 4 is 27.4 Å². The molecule has 4 nitrogen and oxygen atoms in total. The van der Waals surface area contributed by atoms with Gasteiger partial charge in [-0.1, -0.05) is 0 Å². The zero-order valence-electron chi connectivity index (χ0n) is 15.5. The molecule has 138 valence electrons. The fourth-order valence-corrected chi connectivity index (χ4v) is 6.51. The molecule has 4 aliphatic rings. The van der Waals surface area contributed by atoms with Crippen molar-refractivity contribution in [2.45, 2.75) is 69.7 Å². The second-order valence-electron chi connectivity index (χ2n) is 8.70. The lowest BCUT2D eigenvalue weighted by molar-refractivity contribution is 0.260. The maximum Gasteiger partial charge on any atom is 0.141 e. The first kappa shape index (κ1) is 15.8. The number of fused-ring (bicyclic) bond motifs is 3. The molecular weight excluding hydrogens is 340 g/mol. The van der Waals surface area contributed by atoms with E-state index in [1.54, 1.807) is 10.4 Å². The van der Waals surface area contributed by atoms with Crippen molar-refractivity contribution in [3.8, 4) is 0 Å². The fourth-order valence-electron chi connectivity index (χ4n) is 5.25. The van der Waals surface area contributed by atoms with Gasteiger partial charge in [0, 0.05) is 29.9 Å². The average molecular weight is 369 g/mol. The van der Waals surface area contributed by atoms with Crippen molar-refractivity contribution in [3.05, 3.63) is 16.3 Å². The summed E-state index contributed by atoms with van der Waals surface area (Å²) in [5.74, 6) is 3.06. The number of anilines is 1. The van der Waals surface area contributed by atoms with Crippen LogP contribution >= 0.6 is 11.3 Å². The van der Waals surface area contributed by atoms with Gasteiger partial charge in [-0.2, -0.15) is 0 Å². The number of aryl methyl sites for hydroxylation is 2. The predicted octanol–water partition coefficient (Wildman–Crippen LogP) is 4.12. The molecule has 3 fully saturated rings. The van der Waals surface area contributed by atoms with E-state index in [1.165, 1.54) is 100 Å². The Morgan fingerprint density at radius 2 is 1.73 bits per heavy atom. The van der Waals surface area contributed by atoms with Crippen LogP contribution in [0.5, 0.6) is 0 Å². The molecule has 0 aromatic carbocycles. The zero-order valence-corrected chi connectivity index (χ0v) is 16.4. The van der Waals surface area contributed by atoms with Crippen molar-refractivity contribution in [3.63, 3.8) is 0 Å². The van der Waals surface area contributed by atoms with Crippen LogP contribution in [0.1, 0.15) is 67.1 Å². The van der Waals surface area contributed by atoms with Gasteiger partial charge in [-0.15, -0.1) is 11.3 Å². The van der Waals surface area contributed by atoms with E-state index in [1.807, 2.05) is 11.3 Å². The van der Waals surface area contributed by atoms with Crippen LogP contribution < -0.4 is 4.90 Å². The molecule has 0 bridgehead atoms. The second kappa shape index (κ2) is 6.16. The third kappa shape index (κ3) is 2.58. The number of rotatable bonds is 3. The first-order valence-corrected chi connectivity index (χ1v) is 11.5. The van der Waals surface area contributed by atoms with Gasteiger partial charge in [-0.25, -0.2) is 9.97 Å². The first-order valence-electron chi connectivity index (χ1n) is 10.7. The van der Waals surface area contributed by atoms with Crippen LogP contribution in [0.3, 0.4) is 0 Å². The highest BCUT2D eigenvalue weighted by Gasteiger charge is 2.34. The molecule has 26 heavy (non-hydrogen) atoms. The molecule has 2 aromatic heterocycles. The molecule has 0 unspecified atom stereocenters. The Hall–Kier alpha value is -1.20. The summed E-state index contributed by atoms with van der Waals surface area (Å²) in [4.78, 5) is 18.5. The summed E-state index contributed by atoms with van der Waals surface area (Å²) in [6, 6.07) is 0.737. The third-order valence-electron chi connectivity index (χ3n) is 6.88. The Balaban J connectivity index is 1.41. The van der Waals surface area contributed by atoms with Gasteiger partial charge < -0.3 is 4.90 Å². The lowest BCUT2D eigenvalue weighted by Gasteiger charge is -2.25. The largest absolute Gasteiger partial charge is 0.354 e. The molecule has 0 radical (unpaired) electrons. The highest BCUT2D eigenvalue weighted by Crippen LogP contribution is 2.44. The van der Waals surface area contributed by atoms with Gasteiger partial charge in [0.25, 0.3) is 0 Å². The molecule has 4 heterocycles. The smallest absolute Gasteiger partial charge is 0.141 e. The third-order valence-corrected chi connectivity index (χ3v) is 8.06. The number of aromatic nitrogens is 2. The maximum atomic E-state index is 5.19. The van der Waals surface area contributed by atoms with E-state index < -0.39 is 0 Å². The Morgan fingerprint density at radius 1 is 0.885 bits per heavy atom. The molecule has 2 aliphatic heterocycles. The Kier molecular flexibility index (Phi) is 3.75. The minimum absolute atomic E-state index is 0.634. The summed E-state index contributed by atoms with van der Waals surface area (Å²) in [6.45, 7) is 4.95. The van der Waals surface area contributed by atoms with Crippen molar-refractivity contribution < 1.29 is 0 Å². The number of hydrogen-bond donors (Lipinski definition) is 0. The Bertz CT molecular complexity index is 834. The van der Waals surface area contributed by atoms with E-state index in [0.717, 1.165) is 11.9 Å². The van der Waals surface area contributed by atoms with Crippen molar-refractivity contribution in [1.82, 2.24) is 14.9 Å². The van der Waals surface area contributed by atoms with E-state index in [0.29, 0.717) is 5.92 Å². The maximum absolute atomic E-state index is 5.19. The topological polar surface area (TPSA) is 32.3 Å². The lowest BCUT2D eigenvalue weighted by Crippen LogP contribution is -2.35. The summed E-state index contributed by atoms with van der Waals surface area (Å²) in [6.07, 6.45) is 11.8. The van der Waals surface area contributed by atoms with Crippen LogP contribution in [0.15, 0.2) is 0 Å². The second-order valence-corrected chi connectivity index (χ2v) is 9.79. The van der Waals surface area contributed by atoms with Crippen molar-refractivity contribution in [2.24, 2.45) is 0 Å². The minimum atomic E-state index is 0.634. The molecule has 0 N–H and O–H groups in total. The van der Waals surface area contributed by atoms with Gasteiger partial charge >= 0.3 is 0 Å². The lowest BCUT2D eigenvalue weighted by atomic mass is 9.97. The fraction of sp³-hybridized carbons (Fsp3) is 0.714. The van der Waals surface area contributed by atoms with Gasteiger partial charge in [0.15, 0.2) is 0 Å². The van der Waals surface area contributed by atoms with Crippen LogP contribution in [-0.4, -0.2) is 47.1 Å². The summed E-state index contributed by atoms with van der Waals surface area (Å²) in [5, 5.41) is 1.43. The molecular formula is C21H28N4S. The standard InChI is InChI=1S/C21H28N4S/c1-2-6-17-16(5-1)18-20(22-19(14-7-8-14)23-21(18)26-17)25-12-9-15(13-25)24-10-3-4-11-24/h14-15H,1-13H2/t15-/m0/s1. The van der Waals surface area contributed by atoms with Crippen LogP contribution in [-0.2, 0) is 12.8 Å². The van der Waals surface area contributed by atoms with Crippen molar-refractivity contribution in [1.29, 1.82) is 0 Å². The van der Waals surface area contributed by atoms with E-state index >= 15 is 0 Å². The number of hydrogen-bond acceptors (Lipinski definition) is 5. The Morgan fingerprint density at radius 3 is 2.58 bits per heavy atom. The summed E-state index contributed by atoms with van der Waals surface area (Å²) in [7, 11) is 0. The molecule has 5 heteroatoms. The normalized spacial score (nSPS) is 26.8. The monoisotopic (exact) mass is 368 g/mol. The number of nitrogens with zero attached hydrogens (tertiary/aromatic N) is 4. The SMILES string of the molecule is C1CCc2c(sc3nc(C4CC4)nc(N4CC[C@H](N5CCCC5)C4)c23)C1. The molecule has 6 rings (SSSR count). The molecule has 1 saturated carbocycles. The average Bonchev–Trinajstić information content (AvgIpc) is 3.09. The summed E-state index contributed by atoms with van der Waals surface area (Å²) < 4.78 is 0. The quantitative estimate of drug-likeness (QED) is 0.816. The van der Waals surface area contributed by atoms with Gasteiger partial charge in [-0.3, -0.25) is 4.90 Å². The van der Waals surface area contributed by atoms with Crippen molar-refractivity contribution in [2.75, 3.05) is 31.1 Å². The molecule has 0 amide bonds. The highest BCUT2D eigenvalue weighted by molar-refractivity contribution is 7.19. The van der Waals surface area contributed by atoms with E-state index in [2.05, 4.69) is 9.80 Å². The molecule has 2 aliphatic carbocycles. The van der Waals surface area contributed by atoms with E-state index in [4.69, 9.17) is 9.97 Å². The van der Waals surface area contributed by atoms with E-state index in [9.17, 15) is 0 Å². The van der Waals surface area contributed by atoms with Crippen LogP contribution in [0.2, 0.25) is 0 Å². The van der Waals surface area contributed by atoms with Gasteiger partial charge in [0.05, 0.1) is 5.39 Å². The molecule has 1 atom stereocenters. The van der Waals surface area contributed by atoms with Crippen LogP contribution in [0.4, 0.5) is 5.82 Å². The van der Waals surface area contributed by atoms with Crippen LogP contribution in [0, 0.1) is 0 Å². The number of thiophene rings is 1. The van der Waals surface area contributed by atoms with Crippen LogP contribution in [0.25, 0.3) is 10.2 Å². The van der Waals surface area contributed by atoms with Gasteiger partial charge in [0.1, 0.15) is 16.5 Å². The molecule has 2 aromatic rings. The number of likely N-dealkylation sites (tertiary alicyclic amines) is 1. The zero-order chi connectivity index (χ0) is 17.1. The van der Waals surface area contributed by atoms with Gasteiger partial charge in [0.2, 0.25) is 0 Å². The first-order chi connectivity index (χ1) is 12.9. The molecule has 2 saturated heterocycles. The summed E-state index contributed by atoms with van der Waals surface area (Å²) >= 11 is 1.97. The minimum Gasteiger partial charge on any atom is -0.354 e.